The van der Waals surface area contributed by atoms with Gasteiger partial charge in [-0.05, 0) is 6.42 Å². The van der Waals surface area contributed by atoms with E-state index in [1.54, 1.807) is 0 Å². The average molecular weight is 184 g/mol. The first-order chi connectivity index (χ1) is 6.20. The number of aliphatic hydroxyl groups is 2. The normalized spacial score (nSPS) is 58.2. The van der Waals surface area contributed by atoms with Crippen LogP contribution in [0.4, 0.5) is 0 Å². The van der Waals surface area contributed by atoms with Crippen molar-refractivity contribution in [1.29, 1.82) is 0 Å². The summed E-state index contributed by atoms with van der Waals surface area (Å²) >= 11 is 0. The summed E-state index contributed by atoms with van der Waals surface area (Å²) in [7, 11) is 0. The third-order valence-electron chi connectivity index (χ3n) is 3.90. The van der Waals surface area contributed by atoms with E-state index in [4.69, 9.17) is 4.74 Å². The van der Waals surface area contributed by atoms with Crippen LogP contribution >= 0.6 is 0 Å². The largest absolute Gasteiger partial charge is 0.465 e. The van der Waals surface area contributed by atoms with Crippen LogP contribution in [0, 0.1) is 23.7 Å². The number of ether oxygens (including phenoxy) is 1. The molecule has 2 bridgehead atoms. The van der Waals surface area contributed by atoms with Gasteiger partial charge in [0.05, 0.1) is 24.7 Å². The van der Waals surface area contributed by atoms with Gasteiger partial charge >= 0.3 is 5.97 Å². The summed E-state index contributed by atoms with van der Waals surface area (Å²) < 4.78 is 4.94. The Labute approximate surface area is 75.5 Å². The van der Waals surface area contributed by atoms with Crippen LogP contribution in [0.5, 0.6) is 0 Å². The smallest absolute Gasteiger partial charge is 0.309 e. The van der Waals surface area contributed by atoms with Crippen LogP contribution in [0.15, 0.2) is 0 Å². The Morgan fingerprint density at radius 1 is 1.31 bits per heavy atom. The molecule has 2 saturated carbocycles. The molecular formula is C9H12O4. The number of esters is 1. The van der Waals surface area contributed by atoms with E-state index in [-0.39, 0.29) is 29.6 Å². The van der Waals surface area contributed by atoms with Crippen molar-refractivity contribution in [2.24, 2.45) is 23.7 Å². The van der Waals surface area contributed by atoms with Crippen LogP contribution in [0.3, 0.4) is 0 Å². The van der Waals surface area contributed by atoms with Crippen LogP contribution in [-0.2, 0) is 9.53 Å². The molecule has 0 aromatic rings. The molecule has 1 saturated heterocycles. The maximum absolute atomic E-state index is 11.3. The maximum Gasteiger partial charge on any atom is 0.309 e. The maximum atomic E-state index is 11.3. The molecule has 1 aliphatic heterocycles. The van der Waals surface area contributed by atoms with Gasteiger partial charge in [-0.15, -0.1) is 0 Å². The zero-order valence-corrected chi connectivity index (χ0v) is 7.09. The monoisotopic (exact) mass is 184 g/mol. The van der Waals surface area contributed by atoms with Gasteiger partial charge in [-0.25, -0.2) is 0 Å². The molecule has 0 aromatic heterocycles. The highest BCUT2D eigenvalue weighted by molar-refractivity contribution is 5.76. The summed E-state index contributed by atoms with van der Waals surface area (Å²) in [4.78, 5) is 11.3. The number of fused-ring (bicyclic) bond motifs is 5. The quantitative estimate of drug-likeness (QED) is 0.481. The van der Waals surface area contributed by atoms with E-state index < -0.39 is 12.2 Å². The van der Waals surface area contributed by atoms with Gasteiger partial charge in [0.2, 0.25) is 0 Å². The minimum absolute atomic E-state index is 0.0556. The first-order valence-corrected chi connectivity index (χ1v) is 4.73. The number of rotatable bonds is 0. The average Bonchev–Trinajstić information content (AvgIpc) is 2.64. The van der Waals surface area contributed by atoms with Gasteiger partial charge in [0.1, 0.15) is 0 Å². The first-order valence-electron chi connectivity index (χ1n) is 4.73. The molecular weight excluding hydrogens is 172 g/mol. The van der Waals surface area contributed by atoms with E-state index in [2.05, 4.69) is 0 Å². The van der Waals surface area contributed by atoms with Gasteiger partial charge in [-0.2, -0.15) is 0 Å². The Bertz CT molecular complexity index is 262. The summed E-state index contributed by atoms with van der Waals surface area (Å²) in [5.41, 5.74) is 0. The highest BCUT2D eigenvalue weighted by Gasteiger charge is 2.63. The predicted octanol–water partition coefficient (Wildman–Crippen LogP) is -0.853. The lowest BCUT2D eigenvalue weighted by Crippen LogP contribution is -2.31. The lowest BCUT2D eigenvalue weighted by Gasteiger charge is -2.23. The molecule has 1 heterocycles. The van der Waals surface area contributed by atoms with Crippen LogP contribution in [0.1, 0.15) is 6.42 Å². The third-order valence-corrected chi connectivity index (χ3v) is 3.90. The molecule has 4 nitrogen and oxygen atoms in total. The second-order valence-corrected chi connectivity index (χ2v) is 4.35. The van der Waals surface area contributed by atoms with Gasteiger partial charge in [-0.1, -0.05) is 0 Å². The fraction of sp³-hybridized carbons (Fsp3) is 0.889. The molecule has 0 unspecified atom stereocenters. The molecule has 0 radical (unpaired) electrons. The topological polar surface area (TPSA) is 66.8 Å². The van der Waals surface area contributed by atoms with Gasteiger partial charge in [0, 0.05) is 17.8 Å². The van der Waals surface area contributed by atoms with Crippen LogP contribution in [0.2, 0.25) is 0 Å². The standard InChI is InChI=1S/C9H12O4/c10-5-1-3-6-4(2-13-9(6)12)7(5)8(3)11/h3-8,10-11H,1-2H2/t3-,4+,5+,6-,7-,8+/m1/s1. The zero-order chi connectivity index (χ0) is 9.16. The van der Waals surface area contributed by atoms with E-state index >= 15 is 0 Å². The van der Waals surface area contributed by atoms with Gasteiger partial charge in [-0.3, -0.25) is 4.79 Å². The van der Waals surface area contributed by atoms with E-state index in [1.807, 2.05) is 0 Å². The number of aliphatic hydroxyl groups excluding tert-OH is 2. The van der Waals surface area contributed by atoms with Crippen molar-refractivity contribution in [3.05, 3.63) is 0 Å². The van der Waals surface area contributed by atoms with Crippen molar-refractivity contribution in [3.8, 4) is 0 Å². The van der Waals surface area contributed by atoms with Crippen LogP contribution < -0.4 is 0 Å². The lowest BCUT2D eigenvalue weighted by molar-refractivity contribution is -0.143. The fourth-order valence-corrected chi connectivity index (χ4v) is 3.38. The molecule has 3 rings (SSSR count). The second-order valence-electron chi connectivity index (χ2n) is 4.35. The summed E-state index contributed by atoms with van der Waals surface area (Å²) in [6.45, 7) is 0.388. The number of carbonyl (C=O) groups excluding carboxylic acids is 1. The molecule has 3 aliphatic rings. The summed E-state index contributed by atoms with van der Waals surface area (Å²) in [5, 5.41) is 19.4. The number of carbonyl (C=O) groups is 1. The van der Waals surface area contributed by atoms with E-state index in [0.29, 0.717) is 13.0 Å². The molecule has 13 heavy (non-hydrogen) atoms. The number of hydrogen-bond acceptors (Lipinski definition) is 4. The Balaban J connectivity index is 1.98. The number of cyclic esters (lactones) is 1. The summed E-state index contributed by atoms with van der Waals surface area (Å²) in [6.07, 6.45) is -0.365. The van der Waals surface area contributed by atoms with Gasteiger partial charge in [0.15, 0.2) is 0 Å². The van der Waals surface area contributed by atoms with Crippen molar-refractivity contribution in [2.75, 3.05) is 6.61 Å². The predicted molar refractivity (Wildman–Crippen MR) is 41.5 cm³/mol. The van der Waals surface area contributed by atoms with Crippen molar-refractivity contribution in [3.63, 3.8) is 0 Å². The summed E-state index contributed by atoms with van der Waals surface area (Å²) in [5.74, 6) is -0.426. The van der Waals surface area contributed by atoms with Gasteiger partial charge in [0.25, 0.3) is 0 Å². The van der Waals surface area contributed by atoms with Crippen molar-refractivity contribution in [1.82, 2.24) is 0 Å². The second kappa shape index (κ2) is 2.25. The number of hydrogen-bond donors (Lipinski definition) is 2. The minimum atomic E-state index is -0.488. The Hall–Kier alpha value is -0.610. The van der Waals surface area contributed by atoms with E-state index in [0.717, 1.165) is 0 Å². The molecule has 0 amide bonds. The highest BCUT2D eigenvalue weighted by atomic mass is 16.5. The Kier molecular flexibility index (Phi) is 1.34. The first kappa shape index (κ1) is 7.76. The Morgan fingerprint density at radius 2 is 2.08 bits per heavy atom. The van der Waals surface area contributed by atoms with Crippen molar-refractivity contribution in [2.45, 2.75) is 18.6 Å². The van der Waals surface area contributed by atoms with Crippen molar-refractivity contribution < 1.29 is 19.7 Å². The molecule has 3 fully saturated rings. The molecule has 2 N–H and O–H groups in total. The summed E-state index contributed by atoms with van der Waals surface area (Å²) in [6, 6.07) is 0. The molecule has 0 spiro atoms. The molecule has 0 aromatic carbocycles. The molecule has 6 atom stereocenters. The van der Waals surface area contributed by atoms with Crippen LogP contribution in [-0.4, -0.2) is 35.0 Å². The molecule has 72 valence electrons. The molecule has 4 heteroatoms. The third kappa shape index (κ3) is 0.758. The van der Waals surface area contributed by atoms with Crippen LogP contribution in [0.25, 0.3) is 0 Å². The highest BCUT2D eigenvalue weighted by Crippen LogP contribution is 2.55. The zero-order valence-electron chi connectivity index (χ0n) is 7.09. The van der Waals surface area contributed by atoms with Crippen molar-refractivity contribution >= 4 is 5.97 Å². The SMILES string of the molecule is O=C1OC[C@H]2[C@H]1[C@H]1C[C@H](O)[C@@H]2[C@H]1O. The fourth-order valence-electron chi connectivity index (χ4n) is 3.38. The molecule has 2 aliphatic carbocycles. The minimum Gasteiger partial charge on any atom is -0.465 e. The van der Waals surface area contributed by atoms with Gasteiger partial charge < -0.3 is 14.9 Å². The van der Waals surface area contributed by atoms with E-state index in [1.165, 1.54) is 0 Å². The van der Waals surface area contributed by atoms with E-state index in [9.17, 15) is 15.0 Å². The Morgan fingerprint density at radius 3 is 2.85 bits per heavy atom. The lowest BCUT2D eigenvalue weighted by atomic mass is 9.80.